The molecule has 40 heavy (non-hydrogen) atoms. The molecule has 2 unspecified atom stereocenters. The van der Waals surface area contributed by atoms with Crippen LogP contribution >= 0.6 is 11.6 Å². The van der Waals surface area contributed by atoms with Gasteiger partial charge in [-0.15, -0.1) is 0 Å². The Morgan fingerprint density at radius 3 is 2.83 bits per heavy atom. The van der Waals surface area contributed by atoms with Crippen LogP contribution in [0.2, 0.25) is 5.02 Å². The monoisotopic (exact) mass is 569 g/mol. The molecule has 0 bridgehead atoms. The van der Waals surface area contributed by atoms with Crippen LogP contribution in [0.15, 0.2) is 12.1 Å². The van der Waals surface area contributed by atoms with Crippen LogP contribution < -0.4 is 14.4 Å². The predicted molar refractivity (Wildman–Crippen MR) is 146 cm³/mol. The predicted octanol–water partition coefficient (Wildman–Crippen LogP) is 5.38. The van der Waals surface area contributed by atoms with Crippen molar-refractivity contribution in [1.29, 1.82) is 0 Å². The summed E-state index contributed by atoms with van der Waals surface area (Å²) in [6.07, 6.45) is 4.90. The summed E-state index contributed by atoms with van der Waals surface area (Å²) in [7, 11) is 1.93. The number of likely N-dealkylation sites (N-methyl/N-ethyl adjacent to an activating group) is 1. The van der Waals surface area contributed by atoms with Crippen LogP contribution in [0.1, 0.15) is 56.4 Å². The molecule has 210 valence electrons. The largest absolute Gasteiger partial charge is 0.508 e. The zero-order chi connectivity index (χ0) is 27.3. The summed E-state index contributed by atoms with van der Waals surface area (Å²) in [5.74, 6) is 0.248. The lowest BCUT2D eigenvalue weighted by atomic mass is 9.88. The van der Waals surface area contributed by atoms with E-state index in [1.54, 1.807) is 0 Å². The first-order valence-electron chi connectivity index (χ1n) is 14.2. The molecule has 2 saturated carbocycles. The van der Waals surface area contributed by atoms with Crippen molar-refractivity contribution in [3.63, 3.8) is 0 Å². The molecule has 2 aliphatic carbocycles. The number of aromatic nitrogens is 3. The van der Waals surface area contributed by atoms with E-state index < -0.39 is 12.0 Å². The Balaban J connectivity index is 1.29. The Hall–Kier alpha value is -2.98. The van der Waals surface area contributed by atoms with Crippen LogP contribution in [0, 0.1) is 5.82 Å². The fourth-order valence-electron chi connectivity index (χ4n) is 7.25. The van der Waals surface area contributed by atoms with E-state index in [4.69, 9.17) is 31.0 Å². The molecule has 2 aromatic heterocycles. The highest BCUT2D eigenvalue weighted by molar-refractivity contribution is 6.32. The van der Waals surface area contributed by atoms with Gasteiger partial charge in [0, 0.05) is 30.6 Å². The van der Waals surface area contributed by atoms with E-state index in [0.717, 1.165) is 50.6 Å². The Morgan fingerprint density at radius 1 is 1.20 bits per heavy atom. The first-order valence-corrected chi connectivity index (χ1v) is 14.5. The first kappa shape index (κ1) is 24.8. The number of phenolic OH excluding ortho intramolecular Hbond substituents is 1. The fourth-order valence-corrected chi connectivity index (χ4v) is 7.62. The molecule has 1 aromatic carbocycles. The number of benzene rings is 1. The number of pyridine rings is 1. The molecule has 3 aromatic rings. The molecule has 0 spiro atoms. The fraction of sp³-hybridized carbons (Fsp3) is 0.552. The van der Waals surface area contributed by atoms with Crippen LogP contribution in [0.3, 0.4) is 0 Å². The quantitative estimate of drug-likeness (QED) is 0.438. The number of anilines is 1. The molecule has 4 fully saturated rings. The number of hydrogen-bond acceptors (Lipinski definition) is 8. The second-order valence-electron chi connectivity index (χ2n) is 12.1. The summed E-state index contributed by atoms with van der Waals surface area (Å²) in [5.41, 5.74) is 0.917. The number of ether oxygens (including phenoxy) is 2. The summed E-state index contributed by atoms with van der Waals surface area (Å²) in [4.78, 5) is 18.2. The van der Waals surface area contributed by atoms with Crippen LogP contribution in [-0.2, 0) is 0 Å². The summed E-state index contributed by atoms with van der Waals surface area (Å²) in [6.45, 7) is 1.50. The number of fused-ring (bicyclic) bond motifs is 2. The number of hydrogen-bond donors (Lipinski definition) is 1. The molecule has 5 aliphatic rings. The first-order chi connectivity index (χ1) is 19.3. The molecule has 1 N–H and O–H groups in total. The van der Waals surface area contributed by atoms with E-state index in [9.17, 15) is 9.50 Å². The van der Waals surface area contributed by atoms with Gasteiger partial charge in [-0.3, -0.25) is 4.90 Å². The lowest BCUT2D eigenvalue weighted by Gasteiger charge is -2.40. The Kier molecular flexibility index (Phi) is 5.43. The summed E-state index contributed by atoms with van der Waals surface area (Å²) < 4.78 is 43.5. The van der Waals surface area contributed by atoms with Crippen molar-refractivity contribution in [1.82, 2.24) is 19.9 Å². The van der Waals surface area contributed by atoms with E-state index in [2.05, 4.69) is 9.88 Å². The number of alkyl halides is 1. The minimum Gasteiger partial charge on any atom is -0.508 e. The topological polar surface area (TPSA) is 83.8 Å². The molecule has 0 radical (unpaired) electrons. The van der Waals surface area contributed by atoms with Crippen LogP contribution in [-0.4, -0.2) is 75.6 Å². The van der Waals surface area contributed by atoms with Crippen molar-refractivity contribution in [2.24, 2.45) is 0 Å². The molecule has 5 heterocycles. The van der Waals surface area contributed by atoms with Gasteiger partial charge in [0.25, 0.3) is 0 Å². The van der Waals surface area contributed by atoms with Gasteiger partial charge in [-0.25, -0.2) is 13.8 Å². The van der Waals surface area contributed by atoms with E-state index in [0.29, 0.717) is 34.8 Å². The highest BCUT2D eigenvalue weighted by Gasteiger charge is 2.49. The zero-order valence-corrected chi connectivity index (χ0v) is 22.9. The second-order valence-corrected chi connectivity index (χ2v) is 12.5. The summed E-state index contributed by atoms with van der Waals surface area (Å²) in [6, 6.07) is 3.11. The molecule has 3 aliphatic heterocycles. The van der Waals surface area contributed by atoms with Crippen LogP contribution in [0.5, 0.6) is 17.6 Å². The van der Waals surface area contributed by atoms with Gasteiger partial charge >= 0.3 is 6.01 Å². The Morgan fingerprint density at radius 2 is 2.05 bits per heavy atom. The molecule has 4 atom stereocenters. The van der Waals surface area contributed by atoms with E-state index in [1.807, 2.05) is 11.9 Å². The van der Waals surface area contributed by atoms with Crippen LogP contribution in [0.4, 0.5) is 14.6 Å². The minimum atomic E-state index is -0.881. The van der Waals surface area contributed by atoms with Gasteiger partial charge in [0.15, 0.2) is 5.82 Å². The highest BCUT2D eigenvalue weighted by Crippen LogP contribution is 2.51. The number of phenols is 1. The van der Waals surface area contributed by atoms with Crippen molar-refractivity contribution in [2.45, 2.75) is 74.7 Å². The van der Waals surface area contributed by atoms with Crippen molar-refractivity contribution < 1.29 is 23.4 Å². The number of halogens is 3. The van der Waals surface area contributed by atoms with Gasteiger partial charge in [0.1, 0.15) is 47.0 Å². The molecular weight excluding hydrogens is 540 g/mol. The Bertz CT molecular complexity index is 1550. The molecule has 0 amide bonds. The van der Waals surface area contributed by atoms with Gasteiger partial charge in [-0.1, -0.05) is 11.6 Å². The number of aromatic hydroxyl groups is 1. The zero-order valence-electron chi connectivity index (χ0n) is 22.2. The third-order valence-electron chi connectivity index (χ3n) is 9.57. The lowest BCUT2D eigenvalue weighted by molar-refractivity contribution is 0.0903. The average molecular weight is 570 g/mol. The molecular formula is C29H30ClF2N5O3. The maximum absolute atomic E-state index is 16.6. The normalized spacial score (nSPS) is 29.1. The standard InChI is InChI=1S/C29H30ClF2N5O3/c1-36-19-5-6-20(19)40-27-22-25(23(32)24(33-27)17-9-16(38)10-18(30)21(17)14-3-4-14)34-28(35-26(22)36)39-13-29-7-2-8-37(29)12-15(31)11-29/h9-10,14-15,19-20,38H,2-8,11-13H2,1H3/t15-,19?,20?,29+/m1/s1. The van der Waals surface area contributed by atoms with Gasteiger partial charge in [-0.05, 0) is 68.7 Å². The van der Waals surface area contributed by atoms with E-state index in [-0.39, 0.29) is 59.1 Å². The Labute approximate surface area is 235 Å². The second kappa shape index (κ2) is 8.76. The third kappa shape index (κ3) is 3.67. The third-order valence-corrected chi connectivity index (χ3v) is 9.88. The van der Waals surface area contributed by atoms with E-state index in [1.165, 1.54) is 12.1 Å². The smallest absolute Gasteiger partial charge is 0.319 e. The van der Waals surface area contributed by atoms with Gasteiger partial charge in [0.2, 0.25) is 5.88 Å². The minimum absolute atomic E-state index is 0.0369. The highest BCUT2D eigenvalue weighted by atomic mass is 35.5. The van der Waals surface area contributed by atoms with Gasteiger partial charge in [-0.2, -0.15) is 9.97 Å². The van der Waals surface area contributed by atoms with Crippen molar-refractivity contribution >= 4 is 28.3 Å². The molecule has 8 nitrogen and oxygen atoms in total. The number of nitrogens with zero attached hydrogens (tertiary/aromatic N) is 5. The molecule has 2 saturated heterocycles. The van der Waals surface area contributed by atoms with Gasteiger partial charge in [0.05, 0.1) is 11.6 Å². The summed E-state index contributed by atoms with van der Waals surface area (Å²) in [5, 5.41) is 11.2. The van der Waals surface area contributed by atoms with Gasteiger partial charge < -0.3 is 19.5 Å². The SMILES string of the molecule is CN1c2nc(OC[C@@]34CCCN3C[C@H](F)C4)nc3c(F)c(-c4cc(O)cc(Cl)c4C4CC4)nc(c23)OC2CCC21. The number of rotatable bonds is 5. The maximum atomic E-state index is 16.6. The summed E-state index contributed by atoms with van der Waals surface area (Å²) >= 11 is 6.55. The average Bonchev–Trinajstić information content (AvgIpc) is 3.59. The molecule has 8 rings (SSSR count). The van der Waals surface area contributed by atoms with Crippen LogP contribution in [0.25, 0.3) is 22.2 Å². The maximum Gasteiger partial charge on any atom is 0.319 e. The lowest BCUT2D eigenvalue weighted by Crippen LogP contribution is -2.51. The van der Waals surface area contributed by atoms with Crippen molar-refractivity contribution in [3.8, 4) is 28.9 Å². The van der Waals surface area contributed by atoms with E-state index >= 15 is 4.39 Å². The van der Waals surface area contributed by atoms with Crippen molar-refractivity contribution in [3.05, 3.63) is 28.5 Å². The van der Waals surface area contributed by atoms with Crippen molar-refractivity contribution in [2.75, 3.05) is 31.6 Å². The molecule has 11 heteroatoms.